The lowest BCUT2D eigenvalue weighted by Gasteiger charge is -2.44. The van der Waals surface area contributed by atoms with E-state index >= 15 is 0 Å². The van der Waals surface area contributed by atoms with Gasteiger partial charge < -0.3 is 19.4 Å². The van der Waals surface area contributed by atoms with Crippen LogP contribution in [0.5, 0.6) is 0 Å². The molecule has 1 aromatic heterocycles. The summed E-state index contributed by atoms with van der Waals surface area (Å²) in [5.74, 6) is 0.663. The van der Waals surface area contributed by atoms with Gasteiger partial charge in [0, 0.05) is 53.3 Å². The monoisotopic (exact) mass is 613 g/mol. The molecule has 0 N–H and O–H groups in total. The van der Waals surface area contributed by atoms with E-state index in [1.165, 1.54) is 12.1 Å². The molecule has 42 heavy (non-hydrogen) atoms. The minimum absolute atomic E-state index is 0.0467. The molecule has 5 rings (SSSR count). The van der Waals surface area contributed by atoms with Crippen molar-refractivity contribution in [3.8, 4) is 11.1 Å². The minimum atomic E-state index is -0.479. The third-order valence-corrected chi connectivity index (χ3v) is 9.46. The fourth-order valence-corrected chi connectivity index (χ4v) is 7.57. The summed E-state index contributed by atoms with van der Waals surface area (Å²) in [4.78, 5) is 37.9. The van der Waals surface area contributed by atoms with E-state index in [1.807, 2.05) is 39.8 Å². The number of aromatic nitrogens is 2. The molecule has 1 fully saturated rings. The molecule has 11 heteroatoms. The maximum atomic E-state index is 14.1. The number of rotatable bonds is 7. The van der Waals surface area contributed by atoms with E-state index in [1.54, 1.807) is 28.5 Å². The number of anilines is 1. The molecule has 2 aromatic carbocycles. The van der Waals surface area contributed by atoms with Crippen molar-refractivity contribution in [3.63, 3.8) is 0 Å². The summed E-state index contributed by atoms with van der Waals surface area (Å²) >= 11 is 7.87. The molecular weight excluding hydrogens is 577 g/mol. The number of hydrogen-bond acceptors (Lipinski definition) is 7. The van der Waals surface area contributed by atoms with Gasteiger partial charge in [-0.2, -0.15) is 4.98 Å². The molecule has 0 spiro atoms. The molecule has 2 aliphatic heterocycles. The molecule has 1 amide bonds. The summed E-state index contributed by atoms with van der Waals surface area (Å²) in [6, 6.07) is 6.61. The second kappa shape index (κ2) is 12.4. The second-order valence-corrected chi connectivity index (χ2v) is 12.8. The van der Waals surface area contributed by atoms with Gasteiger partial charge >= 0.3 is 5.69 Å². The number of carbonyl (C=O) groups is 1. The molecule has 0 radical (unpaired) electrons. The standard InChI is InChI=1S/C31H37ClFN5O3S/c1-7-26(39)38-19(3)14-36(15-20(38)4)30-23-12-18(2)27(21-8-9-25(33)24(32)13-21)29-28(23)37(31(40)34-30)16-22(17-42-29)41-11-10-35(5)6/h7-9,12-13,19-20,22H,1,10-11,14-17H2,2-6H3/t19-,20+,22-/m0/s1. The van der Waals surface area contributed by atoms with Crippen molar-refractivity contribution >= 4 is 46.0 Å². The van der Waals surface area contributed by atoms with Gasteiger partial charge in [0.1, 0.15) is 11.6 Å². The Morgan fingerprint density at radius 3 is 2.60 bits per heavy atom. The lowest BCUT2D eigenvalue weighted by atomic mass is 9.97. The van der Waals surface area contributed by atoms with Crippen molar-refractivity contribution in [2.24, 2.45) is 0 Å². The van der Waals surface area contributed by atoms with Crippen LogP contribution in [0.1, 0.15) is 19.4 Å². The second-order valence-electron chi connectivity index (χ2n) is 11.4. The Bertz CT molecular complexity index is 1580. The van der Waals surface area contributed by atoms with E-state index in [9.17, 15) is 14.0 Å². The Morgan fingerprint density at radius 2 is 1.95 bits per heavy atom. The molecule has 3 heterocycles. The normalized spacial score (nSPS) is 20.7. The molecule has 0 unspecified atom stereocenters. The number of halogens is 2. The van der Waals surface area contributed by atoms with Gasteiger partial charge in [-0.3, -0.25) is 9.36 Å². The predicted molar refractivity (Wildman–Crippen MR) is 168 cm³/mol. The number of likely N-dealkylation sites (N-methyl/N-ethyl adjacent to an activating group) is 1. The quantitative estimate of drug-likeness (QED) is 0.354. The van der Waals surface area contributed by atoms with Gasteiger partial charge in [0.05, 0.1) is 29.8 Å². The van der Waals surface area contributed by atoms with E-state index in [-0.39, 0.29) is 34.8 Å². The maximum absolute atomic E-state index is 14.1. The minimum Gasteiger partial charge on any atom is -0.374 e. The summed E-state index contributed by atoms with van der Waals surface area (Å²) in [5, 5.41) is 0.911. The number of benzene rings is 2. The van der Waals surface area contributed by atoms with Gasteiger partial charge in [0.2, 0.25) is 5.91 Å². The average Bonchev–Trinajstić information content (AvgIpc) is 3.12. The number of piperazine rings is 1. The van der Waals surface area contributed by atoms with Crippen molar-refractivity contribution < 1.29 is 13.9 Å². The molecule has 3 atom stereocenters. The highest BCUT2D eigenvalue weighted by Crippen LogP contribution is 2.44. The number of hydrogen-bond donors (Lipinski definition) is 0. The first-order chi connectivity index (χ1) is 20.0. The van der Waals surface area contributed by atoms with Gasteiger partial charge in [0.25, 0.3) is 0 Å². The van der Waals surface area contributed by atoms with Crippen LogP contribution in [0.15, 0.2) is 46.6 Å². The largest absolute Gasteiger partial charge is 0.374 e. The third-order valence-electron chi connectivity index (χ3n) is 7.94. The molecule has 3 aromatic rings. The zero-order valence-corrected chi connectivity index (χ0v) is 26.3. The number of aryl methyl sites for hydroxylation is 1. The third kappa shape index (κ3) is 5.82. The van der Waals surface area contributed by atoms with Crippen LogP contribution in [0.3, 0.4) is 0 Å². The van der Waals surface area contributed by atoms with Crippen LogP contribution >= 0.6 is 23.4 Å². The Labute approximate surface area is 255 Å². The summed E-state index contributed by atoms with van der Waals surface area (Å²) in [6.07, 6.45) is 1.15. The van der Waals surface area contributed by atoms with Crippen LogP contribution < -0.4 is 10.6 Å². The van der Waals surface area contributed by atoms with E-state index in [0.717, 1.165) is 39.0 Å². The molecule has 2 aliphatic rings. The fourth-order valence-electron chi connectivity index (χ4n) is 6.05. The zero-order chi connectivity index (χ0) is 30.3. The number of ether oxygens (including phenoxy) is 1. The summed E-state index contributed by atoms with van der Waals surface area (Å²) < 4.78 is 22.1. The summed E-state index contributed by atoms with van der Waals surface area (Å²) in [6.45, 7) is 12.4. The highest BCUT2D eigenvalue weighted by molar-refractivity contribution is 7.99. The van der Waals surface area contributed by atoms with Gasteiger partial charge in [-0.1, -0.05) is 24.2 Å². The zero-order valence-electron chi connectivity index (χ0n) is 24.7. The van der Waals surface area contributed by atoms with Gasteiger partial charge in [0.15, 0.2) is 0 Å². The highest BCUT2D eigenvalue weighted by atomic mass is 35.5. The van der Waals surface area contributed by atoms with Gasteiger partial charge in [-0.25, -0.2) is 9.18 Å². The SMILES string of the molecule is C=CC(=O)N1[C@H](C)CN(c2nc(=O)n3c4c(c(-c5ccc(F)c(Cl)c5)c(C)cc24)SC[C@@H](OCCN(C)C)C3)C[C@@H]1C. The first-order valence-corrected chi connectivity index (χ1v) is 15.5. The molecular formula is C31H37ClFN5O3S. The van der Waals surface area contributed by atoms with Crippen molar-refractivity contribution in [1.29, 1.82) is 0 Å². The van der Waals surface area contributed by atoms with Crippen molar-refractivity contribution in [2.45, 2.75) is 50.4 Å². The van der Waals surface area contributed by atoms with E-state index in [2.05, 4.69) is 27.4 Å². The van der Waals surface area contributed by atoms with Crippen LogP contribution in [0.25, 0.3) is 22.0 Å². The van der Waals surface area contributed by atoms with E-state index < -0.39 is 5.82 Å². The molecule has 0 saturated carbocycles. The van der Waals surface area contributed by atoms with Crippen LogP contribution in [0.2, 0.25) is 5.02 Å². The van der Waals surface area contributed by atoms with Crippen LogP contribution in [0.4, 0.5) is 10.2 Å². The van der Waals surface area contributed by atoms with E-state index in [4.69, 9.17) is 16.3 Å². The summed E-state index contributed by atoms with van der Waals surface area (Å²) in [5.41, 5.74) is 3.11. The maximum Gasteiger partial charge on any atom is 0.350 e. The Hall–Kier alpha value is -2.92. The van der Waals surface area contributed by atoms with E-state index in [0.29, 0.717) is 37.8 Å². The first kappa shape index (κ1) is 30.5. The van der Waals surface area contributed by atoms with Crippen LogP contribution in [-0.4, -0.2) is 89.5 Å². The Balaban J connectivity index is 1.67. The lowest BCUT2D eigenvalue weighted by molar-refractivity contribution is -0.130. The lowest BCUT2D eigenvalue weighted by Crippen LogP contribution is -2.58. The fraction of sp³-hybridized carbons (Fsp3) is 0.452. The topological polar surface area (TPSA) is 70.9 Å². The van der Waals surface area contributed by atoms with Crippen molar-refractivity contribution in [3.05, 3.63) is 63.8 Å². The van der Waals surface area contributed by atoms with Gasteiger partial charge in [-0.05, 0) is 70.3 Å². The highest BCUT2D eigenvalue weighted by Gasteiger charge is 2.34. The number of thioether (sulfide) groups is 1. The Kier molecular flexibility index (Phi) is 8.99. The molecule has 0 bridgehead atoms. The first-order valence-electron chi connectivity index (χ1n) is 14.1. The number of amides is 1. The smallest absolute Gasteiger partial charge is 0.350 e. The van der Waals surface area contributed by atoms with Gasteiger partial charge in [-0.15, -0.1) is 11.8 Å². The molecule has 0 aliphatic carbocycles. The average molecular weight is 614 g/mol. The van der Waals surface area contributed by atoms with Crippen molar-refractivity contribution in [2.75, 3.05) is 51.0 Å². The van der Waals surface area contributed by atoms with Crippen molar-refractivity contribution in [1.82, 2.24) is 19.4 Å². The van der Waals surface area contributed by atoms with Crippen LogP contribution in [0, 0.1) is 12.7 Å². The van der Waals surface area contributed by atoms with Crippen LogP contribution in [-0.2, 0) is 16.1 Å². The molecule has 1 saturated heterocycles. The Morgan fingerprint density at radius 1 is 1.24 bits per heavy atom. The molecule has 8 nitrogen and oxygen atoms in total. The number of nitrogens with zero attached hydrogens (tertiary/aromatic N) is 5. The number of carbonyl (C=O) groups excluding carboxylic acids is 1. The predicted octanol–water partition coefficient (Wildman–Crippen LogP) is 4.83. The molecule has 224 valence electrons. The summed E-state index contributed by atoms with van der Waals surface area (Å²) in [7, 11) is 3.99.